The van der Waals surface area contributed by atoms with Crippen molar-refractivity contribution < 1.29 is 13.9 Å². The fourth-order valence-corrected chi connectivity index (χ4v) is 3.80. The molecule has 2 rings (SSSR count). The summed E-state index contributed by atoms with van der Waals surface area (Å²) >= 11 is 6.04. The van der Waals surface area contributed by atoms with Gasteiger partial charge in [0.25, 0.3) is 0 Å². The van der Waals surface area contributed by atoms with Crippen LogP contribution in [0.1, 0.15) is 22.3 Å². The Hall–Kier alpha value is -2.71. The number of ether oxygens (including phenoxy) is 1. The molecule has 0 aliphatic carbocycles. The number of aliphatic imine (C=N–C) groups is 1. The van der Waals surface area contributed by atoms with Crippen LogP contribution in [0.3, 0.4) is 0 Å². The Labute approximate surface area is 200 Å². The van der Waals surface area contributed by atoms with Gasteiger partial charge in [-0.2, -0.15) is 0 Å². The van der Waals surface area contributed by atoms with Crippen LogP contribution < -0.4 is 27.2 Å². The minimum absolute atomic E-state index is 0.00377. The predicted octanol–water partition coefficient (Wildman–Crippen LogP) is 3.60. The molecule has 0 saturated heterocycles. The summed E-state index contributed by atoms with van der Waals surface area (Å²) in [6.07, 6.45) is 0. The summed E-state index contributed by atoms with van der Waals surface area (Å²) < 4.78 is 20.1. The van der Waals surface area contributed by atoms with Gasteiger partial charge in [0.15, 0.2) is 0 Å². The van der Waals surface area contributed by atoms with Crippen LogP contribution in [-0.2, 0) is 6.61 Å². The van der Waals surface area contributed by atoms with E-state index in [4.69, 9.17) is 33.8 Å². The second-order valence-corrected chi connectivity index (χ2v) is 8.29. The maximum absolute atomic E-state index is 14.1. The molecule has 2 aromatic rings. The molecular formula is C22H29ClFN6O2P. The van der Waals surface area contributed by atoms with E-state index >= 15 is 0 Å². The van der Waals surface area contributed by atoms with Crippen LogP contribution in [0.2, 0.25) is 0 Å². The molecule has 6 N–H and O–H groups in total. The van der Waals surface area contributed by atoms with E-state index in [-0.39, 0.29) is 23.0 Å². The van der Waals surface area contributed by atoms with E-state index in [0.29, 0.717) is 17.0 Å². The van der Waals surface area contributed by atoms with Gasteiger partial charge in [0, 0.05) is 25.4 Å². The number of carbonyl (C=O) groups is 1. The highest BCUT2D eigenvalue weighted by atomic mass is 35.5. The number of nitrogens with zero attached hydrogens (tertiary/aromatic N) is 3. The maximum atomic E-state index is 14.1. The van der Waals surface area contributed by atoms with E-state index in [0.717, 1.165) is 26.7 Å². The highest BCUT2D eigenvalue weighted by Crippen LogP contribution is 2.30. The van der Waals surface area contributed by atoms with Crippen LogP contribution in [0.5, 0.6) is 5.75 Å². The van der Waals surface area contributed by atoms with Gasteiger partial charge in [-0.1, -0.05) is 33.0 Å². The molecule has 33 heavy (non-hydrogen) atoms. The van der Waals surface area contributed by atoms with Crippen molar-refractivity contribution in [3.8, 4) is 5.75 Å². The van der Waals surface area contributed by atoms with Gasteiger partial charge in [0.2, 0.25) is 0 Å². The first-order chi connectivity index (χ1) is 15.5. The smallest absolute Gasteiger partial charge is 0.352 e. The largest absolute Gasteiger partial charge is 0.489 e. The number of carbonyl (C=O) groups excluding carboxylic acids is 1. The van der Waals surface area contributed by atoms with E-state index in [1.54, 1.807) is 30.3 Å². The third-order valence-corrected chi connectivity index (χ3v) is 5.70. The fraction of sp³-hybridized carbons (Fsp3) is 0.273. The number of anilines is 1. The zero-order chi connectivity index (χ0) is 24.9. The number of halogens is 2. The highest BCUT2D eigenvalue weighted by Gasteiger charge is 2.20. The standard InChI is InChI=1S/C22H29ClFN6O2P/c1-12-6-5-7-16(30(27)22(31)29(4)26)15(12)11-32-17-9-8-14(10-13(17)2)19(25)18(21(24)33)20(23)28-3/h5-10,21H,11,25-27,33H2,1-4H3. The van der Waals surface area contributed by atoms with Gasteiger partial charge in [-0.15, -0.1) is 0 Å². The molecule has 2 aromatic carbocycles. The number of benzene rings is 2. The molecule has 8 nitrogen and oxygen atoms in total. The number of hydrogen-bond acceptors (Lipinski definition) is 6. The summed E-state index contributed by atoms with van der Waals surface area (Å²) in [5.41, 5.74) is 9.93. The number of nitrogens with two attached hydrogens (primary N) is 3. The maximum Gasteiger partial charge on any atom is 0.352 e. The Bertz CT molecular complexity index is 1090. The Morgan fingerprint density at radius 2 is 1.91 bits per heavy atom. The van der Waals surface area contributed by atoms with Crippen molar-refractivity contribution in [3.63, 3.8) is 0 Å². The van der Waals surface area contributed by atoms with Gasteiger partial charge in [0.1, 0.15) is 23.4 Å². The summed E-state index contributed by atoms with van der Waals surface area (Å²) in [5.74, 6) is 10.6. The lowest BCUT2D eigenvalue weighted by atomic mass is 10.0. The molecule has 0 aliphatic heterocycles. The van der Waals surface area contributed by atoms with Crippen molar-refractivity contribution in [2.24, 2.45) is 22.4 Å². The molecular weight excluding hydrogens is 466 g/mol. The summed E-state index contributed by atoms with van der Waals surface area (Å²) in [7, 11) is 4.90. The highest BCUT2D eigenvalue weighted by molar-refractivity contribution is 7.18. The second kappa shape index (κ2) is 11.4. The molecule has 0 aliphatic rings. The van der Waals surface area contributed by atoms with E-state index in [1.165, 1.54) is 14.1 Å². The summed E-state index contributed by atoms with van der Waals surface area (Å²) in [6.45, 7) is 3.89. The number of hydrogen-bond donors (Lipinski definition) is 3. The van der Waals surface area contributed by atoms with Gasteiger partial charge in [-0.05, 0) is 54.8 Å². The normalized spacial score (nSPS) is 13.3. The lowest BCUT2D eigenvalue weighted by molar-refractivity contribution is 0.216. The zero-order valence-electron chi connectivity index (χ0n) is 19.0. The van der Waals surface area contributed by atoms with Crippen molar-refractivity contribution in [1.29, 1.82) is 0 Å². The van der Waals surface area contributed by atoms with Gasteiger partial charge in [-0.3, -0.25) is 10.0 Å². The Morgan fingerprint density at radius 3 is 2.45 bits per heavy atom. The number of alkyl halides is 1. The number of amides is 2. The Morgan fingerprint density at radius 1 is 1.24 bits per heavy atom. The molecule has 0 fully saturated rings. The average molecular weight is 495 g/mol. The SMILES string of the molecule is CN=C(Cl)C(=C(N)c1ccc(OCc2c(C)cccc2N(N)C(=O)N(C)N)c(C)c1)C(F)P. The minimum Gasteiger partial charge on any atom is -0.489 e. The first-order valence-electron chi connectivity index (χ1n) is 9.91. The van der Waals surface area contributed by atoms with Crippen molar-refractivity contribution in [1.82, 2.24) is 5.01 Å². The molecule has 0 bridgehead atoms. The van der Waals surface area contributed by atoms with Crippen LogP contribution in [-0.4, -0.2) is 36.2 Å². The predicted molar refractivity (Wildman–Crippen MR) is 136 cm³/mol. The number of rotatable bonds is 7. The van der Waals surface area contributed by atoms with Gasteiger partial charge in [-0.25, -0.2) is 25.9 Å². The minimum atomic E-state index is -1.47. The molecule has 0 spiro atoms. The number of aryl methyl sites for hydroxylation is 2. The molecule has 11 heteroatoms. The van der Waals surface area contributed by atoms with E-state index in [9.17, 15) is 9.18 Å². The topological polar surface area (TPSA) is 123 Å². The molecule has 0 heterocycles. The third kappa shape index (κ3) is 6.21. The molecule has 0 radical (unpaired) electrons. The van der Waals surface area contributed by atoms with Crippen molar-refractivity contribution >= 4 is 43.4 Å². The average Bonchev–Trinajstić information content (AvgIpc) is 2.77. The Balaban J connectivity index is 2.34. The second-order valence-electron chi connectivity index (χ2n) is 7.35. The molecule has 2 atom stereocenters. The molecule has 178 valence electrons. The molecule has 2 unspecified atom stereocenters. The number of hydrazine groups is 2. The van der Waals surface area contributed by atoms with Crippen molar-refractivity contribution in [2.45, 2.75) is 26.4 Å². The van der Waals surface area contributed by atoms with Crippen molar-refractivity contribution in [3.05, 3.63) is 64.2 Å². The molecule has 0 aromatic heterocycles. The third-order valence-electron chi connectivity index (χ3n) is 5.00. The van der Waals surface area contributed by atoms with Gasteiger partial charge < -0.3 is 10.5 Å². The quantitative estimate of drug-likeness (QED) is 0.178. The van der Waals surface area contributed by atoms with E-state index in [2.05, 4.69) is 4.99 Å². The number of allylic oxidation sites excluding steroid dienone is 1. The van der Waals surface area contributed by atoms with Crippen molar-refractivity contribution in [2.75, 3.05) is 19.1 Å². The zero-order valence-corrected chi connectivity index (χ0v) is 20.9. The summed E-state index contributed by atoms with van der Waals surface area (Å²) in [6, 6.07) is 10.0. The van der Waals surface area contributed by atoms with Gasteiger partial charge >= 0.3 is 6.03 Å². The lowest BCUT2D eigenvalue weighted by Gasteiger charge is -2.24. The van der Waals surface area contributed by atoms with Crippen LogP contribution >= 0.6 is 20.8 Å². The summed E-state index contributed by atoms with van der Waals surface area (Å²) in [4.78, 5) is 16.0. The number of urea groups is 1. The van der Waals surface area contributed by atoms with Crippen LogP contribution in [0.4, 0.5) is 14.9 Å². The van der Waals surface area contributed by atoms with Gasteiger partial charge in [0.05, 0.1) is 11.3 Å². The molecule has 2 amide bonds. The fourth-order valence-electron chi connectivity index (χ4n) is 3.15. The van der Waals surface area contributed by atoms with E-state index < -0.39 is 11.9 Å². The first-order valence-corrected chi connectivity index (χ1v) is 11.0. The lowest BCUT2D eigenvalue weighted by Crippen LogP contribution is -2.49. The van der Waals surface area contributed by atoms with Crippen LogP contribution in [0.15, 0.2) is 47.0 Å². The molecule has 0 saturated carbocycles. The van der Waals surface area contributed by atoms with Crippen LogP contribution in [0, 0.1) is 13.8 Å². The summed E-state index contributed by atoms with van der Waals surface area (Å²) in [5, 5.41) is 1.88. The van der Waals surface area contributed by atoms with Crippen LogP contribution in [0.25, 0.3) is 5.70 Å². The van der Waals surface area contributed by atoms with E-state index in [1.807, 2.05) is 29.2 Å². The monoisotopic (exact) mass is 494 g/mol. The Kier molecular flexibility index (Phi) is 9.19. The first kappa shape index (κ1) is 26.5.